The topological polar surface area (TPSA) is 29.3 Å². The molecule has 0 amide bonds. The maximum Gasteiger partial charge on any atom is 0.0573 e. The zero-order valence-corrected chi connectivity index (χ0v) is 9.61. The number of hydrogen-bond donors (Lipinski definition) is 1. The molecule has 1 aromatic rings. The van der Waals surface area contributed by atoms with Crippen LogP contribution in [0.25, 0.3) is 0 Å². The van der Waals surface area contributed by atoms with Crippen molar-refractivity contribution in [2.45, 2.75) is 12.0 Å². The first-order chi connectivity index (χ1) is 7.08. The van der Waals surface area contributed by atoms with E-state index in [9.17, 15) is 0 Å². The lowest BCUT2D eigenvalue weighted by Crippen LogP contribution is -2.45. The predicted molar refractivity (Wildman–Crippen MR) is 65.7 cm³/mol. The van der Waals surface area contributed by atoms with Gasteiger partial charge in [-0.25, -0.2) is 0 Å². The highest BCUT2D eigenvalue weighted by molar-refractivity contribution is 5.25. The van der Waals surface area contributed by atoms with Crippen molar-refractivity contribution in [2.75, 3.05) is 20.6 Å². The molecule has 0 bridgehead atoms. The lowest BCUT2D eigenvalue weighted by Gasteiger charge is -2.32. The minimum atomic E-state index is -0.327. The Kier molecular flexibility index (Phi) is 4.06. The third kappa shape index (κ3) is 3.18. The fourth-order valence-corrected chi connectivity index (χ4v) is 1.87. The second kappa shape index (κ2) is 5.10. The molecule has 2 nitrogen and oxygen atoms in total. The first kappa shape index (κ1) is 12.0. The van der Waals surface area contributed by atoms with Gasteiger partial charge in [-0.15, -0.1) is 6.58 Å². The summed E-state index contributed by atoms with van der Waals surface area (Å²) in [5, 5.41) is 0. The third-order valence-corrected chi connectivity index (χ3v) is 2.46. The summed E-state index contributed by atoms with van der Waals surface area (Å²) in [6, 6.07) is 10.2. The molecule has 0 aliphatic carbocycles. The van der Waals surface area contributed by atoms with Crippen LogP contribution in [0.5, 0.6) is 0 Å². The highest BCUT2D eigenvalue weighted by atomic mass is 15.1. The van der Waals surface area contributed by atoms with Crippen molar-refractivity contribution in [3.05, 3.63) is 48.6 Å². The van der Waals surface area contributed by atoms with E-state index in [1.54, 1.807) is 0 Å². The molecule has 2 heteroatoms. The Hall–Kier alpha value is -1.12. The van der Waals surface area contributed by atoms with Crippen LogP contribution >= 0.6 is 0 Å². The Balaban J connectivity index is 2.95. The number of rotatable bonds is 5. The van der Waals surface area contributed by atoms with E-state index in [-0.39, 0.29) is 5.54 Å². The summed E-state index contributed by atoms with van der Waals surface area (Å²) in [5.41, 5.74) is 7.26. The summed E-state index contributed by atoms with van der Waals surface area (Å²) in [6.45, 7) is 4.60. The van der Waals surface area contributed by atoms with E-state index in [1.165, 1.54) is 5.56 Å². The molecule has 0 saturated heterocycles. The van der Waals surface area contributed by atoms with Gasteiger partial charge in [0.15, 0.2) is 0 Å². The van der Waals surface area contributed by atoms with Crippen molar-refractivity contribution in [2.24, 2.45) is 5.73 Å². The lowest BCUT2D eigenvalue weighted by atomic mass is 9.87. The molecule has 1 unspecified atom stereocenters. The molecule has 2 N–H and O–H groups in total. The largest absolute Gasteiger partial charge is 0.320 e. The van der Waals surface area contributed by atoms with Crippen LogP contribution in [0.3, 0.4) is 0 Å². The predicted octanol–water partition coefficient (Wildman–Crippen LogP) is 1.98. The molecule has 0 spiro atoms. The first-order valence-electron chi connectivity index (χ1n) is 5.18. The van der Waals surface area contributed by atoms with E-state index in [4.69, 9.17) is 5.73 Å². The van der Waals surface area contributed by atoms with Crippen LogP contribution in [0.2, 0.25) is 0 Å². The fourth-order valence-electron chi connectivity index (χ4n) is 1.87. The third-order valence-electron chi connectivity index (χ3n) is 2.46. The zero-order valence-electron chi connectivity index (χ0n) is 9.61. The van der Waals surface area contributed by atoms with E-state index in [2.05, 4.69) is 23.6 Å². The highest BCUT2D eigenvalue weighted by Crippen LogP contribution is 2.23. The van der Waals surface area contributed by atoms with Crippen LogP contribution < -0.4 is 5.73 Å². The van der Waals surface area contributed by atoms with Crippen molar-refractivity contribution in [3.63, 3.8) is 0 Å². The van der Waals surface area contributed by atoms with E-state index < -0.39 is 0 Å². The molecule has 1 rings (SSSR count). The molecule has 1 atom stereocenters. The van der Waals surface area contributed by atoms with Gasteiger partial charge in [0.2, 0.25) is 0 Å². The van der Waals surface area contributed by atoms with Crippen molar-refractivity contribution < 1.29 is 0 Å². The molecule has 0 aliphatic rings. The van der Waals surface area contributed by atoms with E-state index in [0.717, 1.165) is 13.0 Å². The monoisotopic (exact) mass is 204 g/mol. The van der Waals surface area contributed by atoms with Gasteiger partial charge in [-0.05, 0) is 26.1 Å². The normalized spacial score (nSPS) is 14.9. The average molecular weight is 204 g/mol. The van der Waals surface area contributed by atoms with Crippen molar-refractivity contribution in [3.8, 4) is 0 Å². The molecule has 0 heterocycles. The maximum absolute atomic E-state index is 6.42. The minimum absolute atomic E-state index is 0.327. The smallest absolute Gasteiger partial charge is 0.0573 e. The molecule has 0 radical (unpaired) electrons. The van der Waals surface area contributed by atoms with Crippen molar-refractivity contribution in [1.82, 2.24) is 4.90 Å². The second-order valence-electron chi connectivity index (χ2n) is 4.25. The molecule has 82 valence electrons. The van der Waals surface area contributed by atoms with Crippen LogP contribution in [0.4, 0.5) is 0 Å². The summed E-state index contributed by atoms with van der Waals surface area (Å²) < 4.78 is 0. The number of hydrogen-bond acceptors (Lipinski definition) is 2. The van der Waals surface area contributed by atoms with E-state index in [0.29, 0.717) is 0 Å². The van der Waals surface area contributed by atoms with Crippen LogP contribution in [0.1, 0.15) is 12.0 Å². The van der Waals surface area contributed by atoms with Gasteiger partial charge >= 0.3 is 0 Å². The average Bonchev–Trinajstić information content (AvgIpc) is 2.18. The molecule has 15 heavy (non-hydrogen) atoms. The summed E-state index contributed by atoms with van der Waals surface area (Å²) in [6.07, 6.45) is 2.67. The highest BCUT2D eigenvalue weighted by Gasteiger charge is 2.26. The number of benzene rings is 1. The van der Waals surface area contributed by atoms with Crippen LogP contribution in [0.15, 0.2) is 43.0 Å². The quantitative estimate of drug-likeness (QED) is 0.743. The standard InChI is InChI=1S/C13H20N2/c1-4-10-13(14,11-15(2)3)12-8-6-5-7-9-12/h4-9H,1,10-11,14H2,2-3H3. The summed E-state index contributed by atoms with van der Waals surface area (Å²) in [4.78, 5) is 2.11. The van der Waals surface area contributed by atoms with Crippen molar-refractivity contribution in [1.29, 1.82) is 0 Å². The van der Waals surface area contributed by atoms with Gasteiger partial charge < -0.3 is 10.6 Å². The molecule has 0 saturated carbocycles. The lowest BCUT2D eigenvalue weighted by molar-refractivity contribution is 0.287. The number of nitrogens with two attached hydrogens (primary N) is 1. The molecule has 1 aromatic carbocycles. The summed E-state index contributed by atoms with van der Waals surface area (Å²) >= 11 is 0. The summed E-state index contributed by atoms with van der Waals surface area (Å²) in [5.74, 6) is 0. The van der Waals surface area contributed by atoms with E-state index in [1.807, 2.05) is 38.4 Å². The molecule has 0 aromatic heterocycles. The van der Waals surface area contributed by atoms with Gasteiger partial charge in [-0.1, -0.05) is 36.4 Å². The minimum Gasteiger partial charge on any atom is -0.320 e. The maximum atomic E-state index is 6.42. The molecule has 0 fully saturated rings. The van der Waals surface area contributed by atoms with Gasteiger partial charge in [0, 0.05) is 6.54 Å². The Bertz CT molecular complexity index is 306. The summed E-state index contributed by atoms with van der Waals surface area (Å²) in [7, 11) is 4.07. The molecular weight excluding hydrogens is 184 g/mol. The Morgan fingerprint density at radius 1 is 1.33 bits per heavy atom. The van der Waals surface area contributed by atoms with Crippen LogP contribution in [-0.2, 0) is 5.54 Å². The van der Waals surface area contributed by atoms with Gasteiger partial charge in [0.1, 0.15) is 0 Å². The van der Waals surface area contributed by atoms with Gasteiger partial charge in [0.05, 0.1) is 5.54 Å². The molecule has 0 aliphatic heterocycles. The van der Waals surface area contributed by atoms with Crippen molar-refractivity contribution >= 4 is 0 Å². The van der Waals surface area contributed by atoms with Gasteiger partial charge in [0.25, 0.3) is 0 Å². The zero-order chi connectivity index (χ0) is 11.3. The van der Waals surface area contributed by atoms with Crippen LogP contribution in [-0.4, -0.2) is 25.5 Å². The second-order valence-corrected chi connectivity index (χ2v) is 4.25. The Morgan fingerprint density at radius 2 is 1.93 bits per heavy atom. The van der Waals surface area contributed by atoms with E-state index >= 15 is 0 Å². The van der Waals surface area contributed by atoms with Crippen LogP contribution in [0, 0.1) is 0 Å². The van der Waals surface area contributed by atoms with Gasteiger partial charge in [-0.3, -0.25) is 0 Å². The number of nitrogens with zero attached hydrogens (tertiary/aromatic N) is 1. The first-order valence-corrected chi connectivity index (χ1v) is 5.18. The number of likely N-dealkylation sites (N-methyl/N-ethyl adjacent to an activating group) is 1. The molecular formula is C13H20N2. The van der Waals surface area contributed by atoms with Gasteiger partial charge in [-0.2, -0.15) is 0 Å². The Morgan fingerprint density at radius 3 is 2.40 bits per heavy atom. The Labute approximate surface area is 92.4 Å². The fraction of sp³-hybridized carbons (Fsp3) is 0.385. The SMILES string of the molecule is C=CCC(N)(CN(C)C)c1ccccc1.